The number of rotatable bonds is 4. The predicted molar refractivity (Wildman–Crippen MR) is 85.6 cm³/mol. The van der Waals surface area contributed by atoms with Crippen molar-refractivity contribution in [3.05, 3.63) is 52.4 Å². The molecule has 4 heteroatoms. The molecule has 1 N–H and O–H groups in total. The quantitative estimate of drug-likeness (QED) is 0.943. The van der Waals surface area contributed by atoms with Gasteiger partial charge in [-0.3, -0.25) is 4.90 Å². The van der Waals surface area contributed by atoms with Crippen molar-refractivity contribution in [3.63, 3.8) is 0 Å². The van der Waals surface area contributed by atoms with Gasteiger partial charge < -0.3 is 9.63 Å². The zero-order valence-electron chi connectivity index (χ0n) is 13.5. The van der Waals surface area contributed by atoms with Gasteiger partial charge in [0.25, 0.3) is 0 Å². The number of aryl methyl sites for hydroxylation is 3. The van der Waals surface area contributed by atoms with Gasteiger partial charge in [-0.1, -0.05) is 23.4 Å². The lowest BCUT2D eigenvalue weighted by Crippen LogP contribution is -2.22. The van der Waals surface area contributed by atoms with Crippen LogP contribution in [-0.2, 0) is 13.0 Å². The lowest BCUT2D eigenvalue weighted by molar-refractivity contribution is 0.137. The van der Waals surface area contributed by atoms with Gasteiger partial charge in [0.1, 0.15) is 5.76 Å². The molecule has 3 rings (SSSR count). The maximum Gasteiger partial charge on any atom is 0.137 e. The first-order valence-electron chi connectivity index (χ1n) is 7.90. The minimum absolute atomic E-state index is 0.219. The van der Waals surface area contributed by atoms with Gasteiger partial charge in [-0.15, -0.1) is 0 Å². The summed E-state index contributed by atoms with van der Waals surface area (Å²) < 4.78 is 5.29. The van der Waals surface area contributed by atoms with Crippen LogP contribution in [0.3, 0.4) is 0 Å². The second-order valence-corrected chi connectivity index (χ2v) is 6.53. The molecule has 1 aliphatic heterocycles. The summed E-state index contributed by atoms with van der Waals surface area (Å²) in [6.45, 7) is 8.76. The van der Waals surface area contributed by atoms with E-state index in [4.69, 9.17) is 4.52 Å². The molecule has 0 radical (unpaired) electrons. The summed E-state index contributed by atoms with van der Waals surface area (Å²) in [6, 6.07) is 8.37. The molecule has 1 aromatic carbocycles. The minimum Gasteiger partial charge on any atom is -0.391 e. The van der Waals surface area contributed by atoms with Crippen LogP contribution in [0.2, 0.25) is 0 Å². The predicted octanol–water partition coefficient (Wildman–Crippen LogP) is 2.64. The van der Waals surface area contributed by atoms with Gasteiger partial charge in [0, 0.05) is 38.0 Å². The molecule has 0 bridgehead atoms. The van der Waals surface area contributed by atoms with E-state index in [9.17, 15) is 5.11 Å². The first kappa shape index (κ1) is 15.3. The molecule has 1 fully saturated rings. The maximum absolute atomic E-state index is 10.3. The zero-order chi connectivity index (χ0) is 15.7. The fourth-order valence-electron chi connectivity index (χ4n) is 3.36. The third-order valence-electron chi connectivity index (χ3n) is 4.65. The van der Waals surface area contributed by atoms with Crippen LogP contribution in [0.15, 0.2) is 28.8 Å². The van der Waals surface area contributed by atoms with Gasteiger partial charge >= 0.3 is 0 Å². The van der Waals surface area contributed by atoms with Gasteiger partial charge in [0.15, 0.2) is 0 Å². The van der Waals surface area contributed by atoms with Crippen molar-refractivity contribution in [2.24, 2.45) is 5.92 Å². The second-order valence-electron chi connectivity index (χ2n) is 6.53. The molecule has 2 heterocycles. The van der Waals surface area contributed by atoms with E-state index in [1.807, 2.05) is 13.0 Å². The summed E-state index contributed by atoms with van der Waals surface area (Å²) in [5.41, 5.74) is 4.92. The Hall–Kier alpha value is -1.65. The third-order valence-corrected chi connectivity index (χ3v) is 4.65. The maximum atomic E-state index is 10.3. The van der Waals surface area contributed by atoms with Crippen LogP contribution < -0.4 is 0 Å². The molecule has 0 spiro atoms. The Morgan fingerprint density at radius 1 is 1.23 bits per heavy atom. The number of nitrogens with zero attached hydrogens (tertiary/aromatic N) is 2. The van der Waals surface area contributed by atoms with Gasteiger partial charge in [-0.25, -0.2) is 0 Å². The second kappa shape index (κ2) is 6.23. The van der Waals surface area contributed by atoms with Gasteiger partial charge in [-0.2, -0.15) is 0 Å². The van der Waals surface area contributed by atoms with Crippen molar-refractivity contribution in [1.29, 1.82) is 0 Å². The molecule has 0 amide bonds. The van der Waals surface area contributed by atoms with Crippen LogP contribution in [0.25, 0.3) is 0 Å². The topological polar surface area (TPSA) is 49.5 Å². The zero-order valence-corrected chi connectivity index (χ0v) is 13.5. The number of aromatic nitrogens is 1. The summed E-state index contributed by atoms with van der Waals surface area (Å²) in [6.07, 6.45) is 0.459. The van der Waals surface area contributed by atoms with E-state index in [0.29, 0.717) is 0 Å². The standard InChI is InChI=1S/C18H24N2O2/c1-12-5-4-6-13(2)17(12)10-20-9-15(18(21)11-20)8-16-7-14(3)19-22-16/h4-7,15,18,21H,8-11H2,1-3H3/t15-,18-/m1/s1. The van der Waals surface area contributed by atoms with Crippen molar-refractivity contribution >= 4 is 0 Å². The lowest BCUT2D eigenvalue weighted by atomic mass is 10.0. The van der Waals surface area contributed by atoms with E-state index in [0.717, 1.165) is 37.5 Å². The van der Waals surface area contributed by atoms with E-state index < -0.39 is 0 Å². The van der Waals surface area contributed by atoms with Crippen LogP contribution in [0.4, 0.5) is 0 Å². The Balaban J connectivity index is 1.65. The molecule has 0 aliphatic carbocycles. The fourth-order valence-corrected chi connectivity index (χ4v) is 3.36. The molecule has 0 saturated carbocycles. The average molecular weight is 300 g/mol. The van der Waals surface area contributed by atoms with Crippen LogP contribution >= 0.6 is 0 Å². The van der Waals surface area contributed by atoms with Crippen LogP contribution in [0.1, 0.15) is 28.1 Å². The number of β-amino-alcohol motifs (C(OH)–C–C–N with tert-alkyl or cyclic N) is 1. The SMILES string of the molecule is Cc1cc(C[C@@H]2CN(Cc3c(C)cccc3C)C[C@H]2O)on1. The van der Waals surface area contributed by atoms with Crippen molar-refractivity contribution in [1.82, 2.24) is 10.1 Å². The highest BCUT2D eigenvalue weighted by Gasteiger charge is 2.32. The number of benzene rings is 1. The summed E-state index contributed by atoms with van der Waals surface area (Å²) in [7, 11) is 0. The van der Waals surface area contributed by atoms with Crippen molar-refractivity contribution in [3.8, 4) is 0 Å². The summed E-state index contributed by atoms with van der Waals surface area (Å²) in [5.74, 6) is 1.09. The van der Waals surface area contributed by atoms with E-state index in [-0.39, 0.29) is 12.0 Å². The van der Waals surface area contributed by atoms with Gasteiger partial charge in [0.2, 0.25) is 0 Å². The van der Waals surface area contributed by atoms with E-state index in [1.165, 1.54) is 16.7 Å². The summed E-state index contributed by atoms with van der Waals surface area (Å²) >= 11 is 0. The van der Waals surface area contributed by atoms with E-state index >= 15 is 0 Å². The van der Waals surface area contributed by atoms with Crippen LogP contribution in [-0.4, -0.2) is 34.4 Å². The number of aliphatic hydroxyl groups is 1. The third kappa shape index (κ3) is 3.23. The van der Waals surface area contributed by atoms with E-state index in [1.54, 1.807) is 0 Å². The number of hydrogen-bond acceptors (Lipinski definition) is 4. The largest absolute Gasteiger partial charge is 0.391 e. The molecule has 0 unspecified atom stereocenters. The molecule has 2 aromatic rings. The molecule has 118 valence electrons. The highest BCUT2D eigenvalue weighted by molar-refractivity contribution is 5.33. The number of likely N-dealkylation sites (tertiary alicyclic amines) is 1. The fraction of sp³-hybridized carbons (Fsp3) is 0.500. The molecular weight excluding hydrogens is 276 g/mol. The Morgan fingerprint density at radius 2 is 1.95 bits per heavy atom. The average Bonchev–Trinajstić information content (AvgIpc) is 3.01. The normalized spacial score (nSPS) is 22.4. The first-order chi connectivity index (χ1) is 10.5. The van der Waals surface area contributed by atoms with Crippen molar-refractivity contribution in [2.75, 3.05) is 13.1 Å². The summed E-state index contributed by atoms with van der Waals surface area (Å²) in [4.78, 5) is 2.34. The molecule has 1 aliphatic rings. The summed E-state index contributed by atoms with van der Waals surface area (Å²) in [5, 5.41) is 14.3. The number of aliphatic hydroxyl groups excluding tert-OH is 1. The molecule has 2 atom stereocenters. The Kier molecular flexibility index (Phi) is 4.32. The lowest BCUT2D eigenvalue weighted by Gasteiger charge is -2.18. The minimum atomic E-state index is -0.297. The molecule has 1 saturated heterocycles. The highest BCUT2D eigenvalue weighted by Crippen LogP contribution is 2.25. The van der Waals surface area contributed by atoms with Crippen LogP contribution in [0.5, 0.6) is 0 Å². The molecule has 4 nitrogen and oxygen atoms in total. The molecular formula is C18H24N2O2. The molecule has 1 aromatic heterocycles. The van der Waals surface area contributed by atoms with Crippen molar-refractivity contribution in [2.45, 2.75) is 39.8 Å². The highest BCUT2D eigenvalue weighted by atomic mass is 16.5. The number of hydrogen-bond donors (Lipinski definition) is 1. The Labute approximate surface area is 131 Å². The smallest absolute Gasteiger partial charge is 0.137 e. The Bertz CT molecular complexity index is 630. The van der Waals surface area contributed by atoms with Gasteiger partial charge in [-0.05, 0) is 37.5 Å². The Morgan fingerprint density at radius 3 is 2.59 bits per heavy atom. The first-order valence-corrected chi connectivity index (χ1v) is 7.90. The van der Waals surface area contributed by atoms with E-state index in [2.05, 4.69) is 42.1 Å². The van der Waals surface area contributed by atoms with Crippen LogP contribution in [0, 0.1) is 26.7 Å². The van der Waals surface area contributed by atoms with Crippen molar-refractivity contribution < 1.29 is 9.63 Å². The molecule has 22 heavy (non-hydrogen) atoms. The van der Waals surface area contributed by atoms with Gasteiger partial charge in [0.05, 0.1) is 11.8 Å². The monoisotopic (exact) mass is 300 g/mol.